The summed E-state index contributed by atoms with van der Waals surface area (Å²) in [6.45, 7) is 4.27. The van der Waals surface area contributed by atoms with Crippen LogP contribution in [0.1, 0.15) is 42.5 Å². The van der Waals surface area contributed by atoms with Gasteiger partial charge in [0.1, 0.15) is 0 Å². The first-order valence-corrected chi connectivity index (χ1v) is 7.64. The molecule has 1 aliphatic rings. The molecule has 1 aromatic rings. The molecule has 3 heteroatoms. The summed E-state index contributed by atoms with van der Waals surface area (Å²) in [5.41, 5.74) is 7.64. The van der Waals surface area contributed by atoms with Crippen molar-refractivity contribution in [3.63, 3.8) is 0 Å². The van der Waals surface area contributed by atoms with Crippen molar-refractivity contribution in [3.05, 3.63) is 21.9 Å². The van der Waals surface area contributed by atoms with Crippen molar-refractivity contribution in [3.8, 4) is 0 Å². The zero-order valence-corrected chi connectivity index (χ0v) is 11.6. The van der Waals surface area contributed by atoms with Crippen LogP contribution in [0.15, 0.2) is 11.4 Å². The zero-order valence-electron chi connectivity index (χ0n) is 10.7. The van der Waals surface area contributed by atoms with E-state index in [4.69, 9.17) is 5.73 Å². The number of hydrogen-bond acceptors (Lipinski definition) is 3. The first-order valence-electron chi connectivity index (χ1n) is 6.76. The van der Waals surface area contributed by atoms with Crippen LogP contribution in [0.5, 0.6) is 0 Å². The van der Waals surface area contributed by atoms with E-state index < -0.39 is 0 Å². The summed E-state index contributed by atoms with van der Waals surface area (Å²) in [7, 11) is 0. The van der Waals surface area contributed by atoms with E-state index in [0.29, 0.717) is 12.0 Å². The number of nitrogens with one attached hydrogen (secondary N) is 1. The molecule has 2 unspecified atom stereocenters. The molecule has 0 spiro atoms. The maximum Gasteiger partial charge on any atom is 0.0302 e. The molecule has 1 saturated carbocycles. The Morgan fingerprint density at radius 3 is 2.94 bits per heavy atom. The van der Waals surface area contributed by atoms with E-state index in [1.807, 2.05) is 11.3 Å². The van der Waals surface area contributed by atoms with E-state index in [9.17, 15) is 0 Å². The molecule has 0 aliphatic heterocycles. The van der Waals surface area contributed by atoms with Gasteiger partial charge < -0.3 is 11.1 Å². The summed E-state index contributed by atoms with van der Waals surface area (Å²) >= 11 is 1.85. The Kier molecular flexibility index (Phi) is 5.01. The molecule has 0 radical (unpaired) electrons. The molecule has 2 nitrogen and oxygen atoms in total. The fourth-order valence-corrected chi connectivity index (χ4v) is 3.50. The minimum absolute atomic E-state index is 0.412. The molecule has 1 aromatic heterocycles. The minimum atomic E-state index is 0.412. The highest BCUT2D eigenvalue weighted by Crippen LogP contribution is 2.22. The predicted octanol–water partition coefficient (Wildman–Crippen LogP) is 3.05. The third-order valence-corrected chi connectivity index (χ3v) is 4.90. The van der Waals surface area contributed by atoms with E-state index in [-0.39, 0.29) is 0 Å². The average Bonchev–Trinajstić information content (AvgIpc) is 2.60. The monoisotopic (exact) mass is 252 g/mol. The second kappa shape index (κ2) is 6.53. The predicted molar refractivity (Wildman–Crippen MR) is 75.3 cm³/mol. The van der Waals surface area contributed by atoms with Gasteiger partial charge in [0.15, 0.2) is 0 Å². The van der Waals surface area contributed by atoms with Crippen molar-refractivity contribution < 1.29 is 0 Å². The van der Waals surface area contributed by atoms with Crippen LogP contribution in [0, 0.1) is 12.8 Å². The molecule has 17 heavy (non-hydrogen) atoms. The van der Waals surface area contributed by atoms with Crippen molar-refractivity contribution >= 4 is 11.3 Å². The van der Waals surface area contributed by atoms with E-state index >= 15 is 0 Å². The van der Waals surface area contributed by atoms with Crippen LogP contribution in [-0.4, -0.2) is 12.6 Å². The lowest BCUT2D eigenvalue weighted by molar-refractivity contribution is 0.374. The number of hydrogen-bond donors (Lipinski definition) is 2. The van der Waals surface area contributed by atoms with Gasteiger partial charge >= 0.3 is 0 Å². The lowest BCUT2D eigenvalue weighted by Crippen LogP contribution is -2.36. The van der Waals surface area contributed by atoms with Crippen LogP contribution in [0.25, 0.3) is 0 Å². The highest BCUT2D eigenvalue weighted by atomic mass is 32.1. The first-order chi connectivity index (χ1) is 8.27. The molecule has 0 saturated heterocycles. The van der Waals surface area contributed by atoms with Crippen LogP contribution in [-0.2, 0) is 6.54 Å². The average molecular weight is 252 g/mol. The van der Waals surface area contributed by atoms with Gasteiger partial charge in [-0.3, -0.25) is 0 Å². The quantitative estimate of drug-likeness (QED) is 0.808. The molecule has 0 aromatic carbocycles. The van der Waals surface area contributed by atoms with E-state index in [1.54, 1.807) is 0 Å². The van der Waals surface area contributed by atoms with Gasteiger partial charge in [-0.05, 0) is 49.2 Å². The number of nitrogens with two attached hydrogens (primary N) is 1. The van der Waals surface area contributed by atoms with Crippen LogP contribution >= 0.6 is 11.3 Å². The maximum absolute atomic E-state index is 6.23. The molecule has 2 atom stereocenters. The molecular weight excluding hydrogens is 228 g/mol. The Bertz CT molecular complexity index is 335. The standard InChI is InChI=1S/C14H24N2S/c1-11-7-8-17-14(11)10-16-9-12-5-3-2-4-6-13(12)15/h7-8,12-13,16H,2-6,9-10,15H2,1H3. The Morgan fingerprint density at radius 1 is 1.35 bits per heavy atom. The second-order valence-electron chi connectivity index (χ2n) is 5.22. The van der Waals surface area contributed by atoms with Gasteiger partial charge in [0, 0.05) is 17.5 Å². The van der Waals surface area contributed by atoms with Crippen LogP contribution < -0.4 is 11.1 Å². The SMILES string of the molecule is Cc1ccsc1CNCC1CCCCCC1N. The summed E-state index contributed by atoms with van der Waals surface area (Å²) < 4.78 is 0. The summed E-state index contributed by atoms with van der Waals surface area (Å²) in [5, 5.41) is 5.76. The van der Waals surface area contributed by atoms with Gasteiger partial charge in [-0.15, -0.1) is 11.3 Å². The Balaban J connectivity index is 1.75. The molecule has 1 fully saturated rings. The van der Waals surface area contributed by atoms with Gasteiger partial charge in [0.05, 0.1) is 0 Å². The lowest BCUT2D eigenvalue weighted by Gasteiger charge is -2.21. The summed E-state index contributed by atoms with van der Waals surface area (Å²) in [5.74, 6) is 0.678. The van der Waals surface area contributed by atoms with E-state index in [0.717, 1.165) is 13.1 Å². The van der Waals surface area contributed by atoms with Crippen LogP contribution in [0.2, 0.25) is 0 Å². The first kappa shape index (κ1) is 13.1. The zero-order chi connectivity index (χ0) is 12.1. The van der Waals surface area contributed by atoms with Crippen molar-refractivity contribution in [2.24, 2.45) is 11.7 Å². The molecule has 0 bridgehead atoms. The molecule has 3 N–H and O–H groups in total. The summed E-state index contributed by atoms with van der Waals surface area (Å²) in [4.78, 5) is 1.46. The van der Waals surface area contributed by atoms with Crippen LogP contribution in [0.3, 0.4) is 0 Å². The lowest BCUT2D eigenvalue weighted by atomic mass is 9.95. The summed E-state index contributed by atoms with van der Waals surface area (Å²) in [6.07, 6.45) is 6.57. The van der Waals surface area contributed by atoms with Gasteiger partial charge in [-0.2, -0.15) is 0 Å². The van der Waals surface area contributed by atoms with Gasteiger partial charge in [-0.25, -0.2) is 0 Å². The Morgan fingerprint density at radius 2 is 2.18 bits per heavy atom. The molecular formula is C14H24N2S. The number of aryl methyl sites for hydroxylation is 1. The largest absolute Gasteiger partial charge is 0.327 e. The molecule has 0 amide bonds. The third-order valence-electron chi connectivity index (χ3n) is 3.88. The maximum atomic E-state index is 6.23. The normalized spacial score (nSPS) is 25.8. The molecule has 1 aliphatic carbocycles. The van der Waals surface area contributed by atoms with E-state index in [1.165, 1.54) is 42.5 Å². The number of rotatable bonds is 4. The number of thiophene rings is 1. The fourth-order valence-electron chi connectivity index (χ4n) is 2.62. The highest BCUT2D eigenvalue weighted by Gasteiger charge is 2.19. The molecule has 1 heterocycles. The van der Waals surface area contributed by atoms with Gasteiger partial charge in [-0.1, -0.05) is 19.3 Å². The van der Waals surface area contributed by atoms with E-state index in [2.05, 4.69) is 23.7 Å². The van der Waals surface area contributed by atoms with Crippen molar-refractivity contribution in [2.45, 2.75) is 51.6 Å². The molecule has 2 rings (SSSR count). The van der Waals surface area contributed by atoms with Gasteiger partial charge in [0.2, 0.25) is 0 Å². The van der Waals surface area contributed by atoms with Crippen molar-refractivity contribution in [1.29, 1.82) is 0 Å². The van der Waals surface area contributed by atoms with Crippen molar-refractivity contribution in [1.82, 2.24) is 5.32 Å². The summed E-state index contributed by atoms with van der Waals surface area (Å²) in [6, 6.07) is 2.61. The fraction of sp³-hybridized carbons (Fsp3) is 0.714. The third kappa shape index (κ3) is 3.80. The Labute approximate surface area is 109 Å². The topological polar surface area (TPSA) is 38.0 Å². The van der Waals surface area contributed by atoms with Crippen LogP contribution in [0.4, 0.5) is 0 Å². The van der Waals surface area contributed by atoms with Gasteiger partial charge in [0.25, 0.3) is 0 Å². The second-order valence-corrected chi connectivity index (χ2v) is 6.22. The Hall–Kier alpha value is -0.380. The highest BCUT2D eigenvalue weighted by molar-refractivity contribution is 7.10. The van der Waals surface area contributed by atoms with Crippen molar-refractivity contribution in [2.75, 3.05) is 6.54 Å². The smallest absolute Gasteiger partial charge is 0.0302 e. The molecule has 96 valence electrons. The minimum Gasteiger partial charge on any atom is -0.327 e.